The van der Waals surface area contributed by atoms with Gasteiger partial charge < -0.3 is 11.1 Å². The van der Waals surface area contributed by atoms with Crippen LogP contribution in [0.1, 0.15) is 24.8 Å². The van der Waals surface area contributed by atoms with Crippen molar-refractivity contribution in [1.82, 2.24) is 5.32 Å². The molecule has 24 heavy (non-hydrogen) atoms. The molecule has 4 rings (SSSR count). The van der Waals surface area contributed by atoms with Crippen molar-refractivity contribution in [2.75, 3.05) is 6.54 Å². The summed E-state index contributed by atoms with van der Waals surface area (Å²) >= 11 is 0. The highest BCUT2D eigenvalue weighted by atomic mass is 35.5. The van der Waals surface area contributed by atoms with Gasteiger partial charge in [0.25, 0.3) is 0 Å². The Morgan fingerprint density at radius 1 is 1.08 bits per heavy atom. The zero-order valence-corrected chi connectivity index (χ0v) is 14.6. The molecule has 0 aromatic heterocycles. The first-order valence-electron chi connectivity index (χ1n) is 8.74. The average Bonchev–Trinajstić information content (AvgIpc) is 3.16. The molecule has 2 saturated carbocycles. The highest BCUT2D eigenvalue weighted by Gasteiger charge is 2.48. The van der Waals surface area contributed by atoms with Crippen LogP contribution >= 0.6 is 12.4 Å². The Hall–Kier alpha value is -1.58. The molecule has 0 saturated heterocycles. The number of carbonyl (C=O) groups excluding carboxylic acids is 1. The fourth-order valence-electron chi connectivity index (χ4n) is 4.67. The minimum Gasteiger partial charge on any atom is -0.355 e. The maximum absolute atomic E-state index is 12.5. The third-order valence-corrected chi connectivity index (χ3v) is 5.86. The van der Waals surface area contributed by atoms with Gasteiger partial charge in [-0.05, 0) is 53.9 Å². The molecule has 0 aliphatic heterocycles. The van der Waals surface area contributed by atoms with E-state index in [-0.39, 0.29) is 30.3 Å². The minimum absolute atomic E-state index is 0. The molecule has 4 atom stereocenters. The lowest BCUT2D eigenvalue weighted by atomic mass is 9.84. The quantitative estimate of drug-likeness (QED) is 0.894. The van der Waals surface area contributed by atoms with E-state index in [1.807, 2.05) is 0 Å². The lowest BCUT2D eigenvalue weighted by molar-refractivity contribution is -0.127. The number of rotatable bonds is 4. The number of hydrogen-bond donors (Lipinski definition) is 2. The Morgan fingerprint density at radius 3 is 2.62 bits per heavy atom. The topological polar surface area (TPSA) is 55.1 Å². The second kappa shape index (κ2) is 7.12. The van der Waals surface area contributed by atoms with Crippen molar-refractivity contribution in [1.29, 1.82) is 0 Å². The molecule has 2 aliphatic carbocycles. The van der Waals surface area contributed by atoms with Crippen LogP contribution in [0.15, 0.2) is 42.5 Å². The van der Waals surface area contributed by atoms with Gasteiger partial charge in [-0.3, -0.25) is 4.79 Å². The summed E-state index contributed by atoms with van der Waals surface area (Å²) in [7, 11) is 0. The Kier molecular flexibility index (Phi) is 5.12. The highest BCUT2D eigenvalue weighted by Crippen LogP contribution is 2.47. The summed E-state index contributed by atoms with van der Waals surface area (Å²) in [4.78, 5) is 12.5. The molecule has 128 valence electrons. The first kappa shape index (κ1) is 17.2. The summed E-state index contributed by atoms with van der Waals surface area (Å²) in [6, 6.07) is 14.9. The van der Waals surface area contributed by atoms with E-state index in [4.69, 9.17) is 5.73 Å². The molecule has 0 heterocycles. The summed E-state index contributed by atoms with van der Waals surface area (Å²) in [6.45, 7) is 0.688. The minimum atomic E-state index is 0. The predicted molar refractivity (Wildman–Crippen MR) is 100 cm³/mol. The van der Waals surface area contributed by atoms with E-state index in [1.54, 1.807) is 0 Å². The molecule has 3 N–H and O–H groups in total. The third-order valence-electron chi connectivity index (χ3n) is 5.86. The standard InChI is InChI=1S/C20H24N2O.ClH/c21-19-16-9-8-15(12-16)18(19)20(23)22-11-10-14-6-3-5-13-4-1-2-7-17(13)14;/h1-7,15-16,18-19H,8-12,21H2,(H,22,23);1H. The summed E-state index contributed by atoms with van der Waals surface area (Å²) in [5.74, 6) is 1.31. The van der Waals surface area contributed by atoms with Gasteiger partial charge in [-0.1, -0.05) is 42.5 Å². The summed E-state index contributed by atoms with van der Waals surface area (Å²) < 4.78 is 0. The van der Waals surface area contributed by atoms with Crippen LogP contribution in [-0.2, 0) is 11.2 Å². The summed E-state index contributed by atoms with van der Waals surface area (Å²) in [5.41, 5.74) is 7.55. The molecule has 2 aromatic rings. The zero-order chi connectivity index (χ0) is 15.8. The number of halogens is 1. The second-order valence-electron chi connectivity index (χ2n) is 7.12. The summed E-state index contributed by atoms with van der Waals surface area (Å²) in [5, 5.41) is 5.67. The van der Waals surface area contributed by atoms with E-state index in [9.17, 15) is 4.79 Å². The number of carbonyl (C=O) groups is 1. The van der Waals surface area contributed by atoms with Gasteiger partial charge in [0.05, 0.1) is 5.92 Å². The molecular weight excluding hydrogens is 320 g/mol. The third kappa shape index (κ3) is 3.03. The number of nitrogens with one attached hydrogen (secondary N) is 1. The predicted octanol–water partition coefficient (Wildman–Crippen LogP) is 3.29. The van der Waals surface area contributed by atoms with E-state index in [1.165, 1.54) is 29.2 Å². The molecule has 4 heteroatoms. The maximum atomic E-state index is 12.5. The van der Waals surface area contributed by atoms with Gasteiger partial charge in [0.2, 0.25) is 5.91 Å². The first-order valence-corrected chi connectivity index (χ1v) is 8.74. The van der Waals surface area contributed by atoms with Gasteiger partial charge in [0.15, 0.2) is 0 Å². The number of hydrogen-bond acceptors (Lipinski definition) is 2. The molecule has 0 spiro atoms. The molecule has 0 radical (unpaired) electrons. The van der Waals surface area contributed by atoms with E-state index in [0.29, 0.717) is 18.4 Å². The Labute approximate surface area is 149 Å². The lowest BCUT2D eigenvalue weighted by Crippen LogP contribution is -2.45. The Morgan fingerprint density at radius 2 is 1.83 bits per heavy atom. The number of nitrogens with two attached hydrogens (primary N) is 1. The SMILES string of the molecule is Cl.NC1C2CCC(C2)C1C(=O)NCCc1cccc2ccccc12. The molecule has 2 aromatic carbocycles. The largest absolute Gasteiger partial charge is 0.355 e. The lowest BCUT2D eigenvalue weighted by Gasteiger charge is -2.27. The molecule has 2 fully saturated rings. The van der Waals surface area contributed by atoms with Crippen LogP contribution in [0.3, 0.4) is 0 Å². The number of fused-ring (bicyclic) bond motifs is 3. The molecule has 1 amide bonds. The monoisotopic (exact) mass is 344 g/mol. The smallest absolute Gasteiger partial charge is 0.224 e. The van der Waals surface area contributed by atoms with Crippen LogP contribution in [0.2, 0.25) is 0 Å². The second-order valence-corrected chi connectivity index (χ2v) is 7.12. The first-order chi connectivity index (χ1) is 11.2. The molecular formula is C20H25ClN2O. The van der Waals surface area contributed by atoms with Crippen molar-refractivity contribution in [2.45, 2.75) is 31.7 Å². The normalized spacial score (nSPS) is 27.9. The maximum Gasteiger partial charge on any atom is 0.224 e. The van der Waals surface area contributed by atoms with Gasteiger partial charge in [0, 0.05) is 12.6 Å². The van der Waals surface area contributed by atoms with Crippen LogP contribution in [0, 0.1) is 17.8 Å². The van der Waals surface area contributed by atoms with Crippen LogP contribution in [-0.4, -0.2) is 18.5 Å². The van der Waals surface area contributed by atoms with Gasteiger partial charge >= 0.3 is 0 Å². The van der Waals surface area contributed by atoms with Gasteiger partial charge in [0.1, 0.15) is 0 Å². The van der Waals surface area contributed by atoms with Crippen molar-refractivity contribution in [2.24, 2.45) is 23.5 Å². The Bertz CT molecular complexity index is 725. The van der Waals surface area contributed by atoms with Crippen molar-refractivity contribution >= 4 is 29.1 Å². The fourth-order valence-corrected chi connectivity index (χ4v) is 4.67. The molecule has 2 bridgehead atoms. The van der Waals surface area contributed by atoms with Crippen molar-refractivity contribution in [3.05, 3.63) is 48.0 Å². The van der Waals surface area contributed by atoms with E-state index >= 15 is 0 Å². The molecule has 3 nitrogen and oxygen atoms in total. The highest BCUT2D eigenvalue weighted by molar-refractivity contribution is 5.86. The van der Waals surface area contributed by atoms with Gasteiger partial charge in [-0.15, -0.1) is 12.4 Å². The molecule has 4 unspecified atom stereocenters. The summed E-state index contributed by atoms with van der Waals surface area (Å²) in [6.07, 6.45) is 4.41. The number of amides is 1. The van der Waals surface area contributed by atoms with E-state index < -0.39 is 0 Å². The van der Waals surface area contributed by atoms with Crippen molar-refractivity contribution in [3.8, 4) is 0 Å². The number of benzene rings is 2. The van der Waals surface area contributed by atoms with Crippen LogP contribution < -0.4 is 11.1 Å². The fraction of sp³-hybridized carbons (Fsp3) is 0.450. The van der Waals surface area contributed by atoms with E-state index in [2.05, 4.69) is 47.8 Å². The van der Waals surface area contributed by atoms with Gasteiger partial charge in [-0.25, -0.2) is 0 Å². The average molecular weight is 345 g/mol. The van der Waals surface area contributed by atoms with Crippen LogP contribution in [0.4, 0.5) is 0 Å². The van der Waals surface area contributed by atoms with Gasteiger partial charge in [-0.2, -0.15) is 0 Å². The van der Waals surface area contributed by atoms with Crippen molar-refractivity contribution < 1.29 is 4.79 Å². The Balaban J connectivity index is 0.00000169. The van der Waals surface area contributed by atoms with E-state index in [0.717, 1.165) is 12.8 Å². The van der Waals surface area contributed by atoms with Crippen molar-refractivity contribution in [3.63, 3.8) is 0 Å². The van der Waals surface area contributed by atoms with Crippen LogP contribution in [0.5, 0.6) is 0 Å². The van der Waals surface area contributed by atoms with Crippen LogP contribution in [0.25, 0.3) is 10.8 Å². The molecule has 2 aliphatic rings. The zero-order valence-electron chi connectivity index (χ0n) is 13.8.